The predicted octanol–water partition coefficient (Wildman–Crippen LogP) is 1.38. The SMILES string of the molecule is COc1ccc(CN)cc1S(=O)(=O)NCCC(F)(F)F. The van der Waals surface area contributed by atoms with E-state index < -0.39 is 29.2 Å². The molecule has 0 aliphatic heterocycles. The molecule has 3 N–H and O–H groups in total. The zero-order chi connectivity index (χ0) is 15.4. The van der Waals surface area contributed by atoms with Crippen LogP contribution in [0.15, 0.2) is 23.1 Å². The molecule has 1 aromatic rings. The number of methoxy groups -OCH3 is 1. The van der Waals surface area contributed by atoms with Gasteiger partial charge < -0.3 is 10.5 Å². The van der Waals surface area contributed by atoms with E-state index in [9.17, 15) is 21.6 Å². The summed E-state index contributed by atoms with van der Waals surface area (Å²) in [7, 11) is -2.82. The third kappa shape index (κ3) is 4.66. The van der Waals surface area contributed by atoms with Crippen LogP contribution in [0.25, 0.3) is 0 Å². The maximum Gasteiger partial charge on any atom is 0.390 e. The lowest BCUT2D eigenvalue weighted by molar-refractivity contribution is -0.132. The van der Waals surface area contributed by atoms with Gasteiger partial charge in [0.25, 0.3) is 0 Å². The zero-order valence-electron chi connectivity index (χ0n) is 10.7. The Morgan fingerprint density at radius 3 is 2.50 bits per heavy atom. The topological polar surface area (TPSA) is 81.4 Å². The standard InChI is InChI=1S/C11H15F3N2O3S/c1-19-9-3-2-8(7-15)6-10(9)20(17,18)16-5-4-11(12,13)14/h2-3,6,16H,4-5,7,15H2,1H3. The van der Waals surface area contributed by atoms with E-state index in [0.29, 0.717) is 5.56 Å². The normalized spacial score (nSPS) is 12.4. The first-order valence-electron chi connectivity index (χ1n) is 5.63. The zero-order valence-corrected chi connectivity index (χ0v) is 11.5. The Bertz CT molecular complexity index is 559. The van der Waals surface area contributed by atoms with Crippen molar-refractivity contribution in [1.29, 1.82) is 0 Å². The second kappa shape index (κ2) is 6.42. The van der Waals surface area contributed by atoms with E-state index in [1.165, 1.54) is 19.2 Å². The van der Waals surface area contributed by atoms with Crippen molar-refractivity contribution < 1.29 is 26.3 Å². The lowest BCUT2D eigenvalue weighted by Crippen LogP contribution is -2.28. The number of benzene rings is 1. The van der Waals surface area contributed by atoms with Gasteiger partial charge in [0.15, 0.2) is 0 Å². The van der Waals surface area contributed by atoms with Crippen LogP contribution in [-0.4, -0.2) is 28.2 Å². The summed E-state index contributed by atoms with van der Waals surface area (Å²) in [4.78, 5) is -0.231. The summed E-state index contributed by atoms with van der Waals surface area (Å²) in [5, 5.41) is 0. The smallest absolute Gasteiger partial charge is 0.390 e. The first kappa shape index (κ1) is 16.7. The summed E-state index contributed by atoms with van der Waals surface area (Å²) in [5.41, 5.74) is 5.94. The molecule has 0 aliphatic rings. The van der Waals surface area contributed by atoms with Gasteiger partial charge in [-0.1, -0.05) is 6.07 Å². The first-order chi connectivity index (χ1) is 9.19. The molecule has 0 atom stereocenters. The maximum absolute atomic E-state index is 12.0. The van der Waals surface area contributed by atoms with E-state index in [-0.39, 0.29) is 17.2 Å². The van der Waals surface area contributed by atoms with Gasteiger partial charge in [-0.25, -0.2) is 13.1 Å². The molecule has 5 nitrogen and oxygen atoms in total. The van der Waals surface area contributed by atoms with Crippen LogP contribution in [-0.2, 0) is 16.6 Å². The molecule has 0 saturated carbocycles. The molecular weight excluding hydrogens is 297 g/mol. The van der Waals surface area contributed by atoms with Crippen molar-refractivity contribution in [2.45, 2.75) is 24.0 Å². The highest BCUT2D eigenvalue weighted by molar-refractivity contribution is 7.89. The molecule has 20 heavy (non-hydrogen) atoms. The second-order valence-electron chi connectivity index (χ2n) is 3.95. The number of nitrogens with two attached hydrogens (primary N) is 1. The molecule has 114 valence electrons. The molecule has 9 heteroatoms. The van der Waals surface area contributed by atoms with Crippen LogP contribution in [0.3, 0.4) is 0 Å². The van der Waals surface area contributed by atoms with Gasteiger partial charge in [-0.15, -0.1) is 0 Å². The van der Waals surface area contributed by atoms with Gasteiger partial charge in [-0.3, -0.25) is 0 Å². The lowest BCUT2D eigenvalue weighted by atomic mass is 10.2. The average Bonchev–Trinajstić information content (AvgIpc) is 2.36. The van der Waals surface area contributed by atoms with Crippen molar-refractivity contribution in [2.75, 3.05) is 13.7 Å². The maximum atomic E-state index is 12.0. The van der Waals surface area contributed by atoms with Gasteiger partial charge in [-0.05, 0) is 17.7 Å². The van der Waals surface area contributed by atoms with Gasteiger partial charge in [0, 0.05) is 13.1 Å². The molecule has 0 aliphatic carbocycles. The van der Waals surface area contributed by atoms with Crippen molar-refractivity contribution in [3.05, 3.63) is 23.8 Å². The Morgan fingerprint density at radius 2 is 2.00 bits per heavy atom. The molecule has 0 unspecified atom stereocenters. The second-order valence-corrected chi connectivity index (χ2v) is 5.69. The minimum absolute atomic E-state index is 0.0432. The van der Waals surface area contributed by atoms with E-state index in [2.05, 4.69) is 0 Å². The van der Waals surface area contributed by atoms with Crippen LogP contribution in [0.2, 0.25) is 0 Å². The van der Waals surface area contributed by atoms with Gasteiger partial charge in [-0.2, -0.15) is 13.2 Å². The molecule has 0 fully saturated rings. The Kier molecular flexibility index (Phi) is 5.37. The summed E-state index contributed by atoms with van der Waals surface area (Å²) in [6.07, 6.45) is -5.67. The van der Waals surface area contributed by atoms with Gasteiger partial charge >= 0.3 is 6.18 Å². The van der Waals surface area contributed by atoms with E-state index in [4.69, 9.17) is 10.5 Å². The molecule has 1 aromatic carbocycles. The van der Waals surface area contributed by atoms with Gasteiger partial charge in [0.1, 0.15) is 10.6 Å². The van der Waals surface area contributed by atoms with Crippen LogP contribution in [0.5, 0.6) is 5.75 Å². The highest BCUT2D eigenvalue weighted by Gasteiger charge is 2.28. The number of sulfonamides is 1. The Hall–Kier alpha value is -1.32. The number of ether oxygens (including phenoxy) is 1. The number of hydrogen-bond donors (Lipinski definition) is 2. The molecule has 1 rings (SSSR count). The summed E-state index contributed by atoms with van der Waals surface area (Å²) in [6, 6.07) is 4.25. The molecule has 0 saturated heterocycles. The number of nitrogens with one attached hydrogen (secondary N) is 1. The molecular formula is C11H15F3N2O3S. The Labute approximate surface area is 115 Å². The van der Waals surface area contributed by atoms with Crippen LogP contribution in [0, 0.1) is 0 Å². The molecule has 0 amide bonds. The van der Waals surface area contributed by atoms with Crippen LogP contribution in [0.1, 0.15) is 12.0 Å². The summed E-state index contributed by atoms with van der Waals surface area (Å²) >= 11 is 0. The fraction of sp³-hybridized carbons (Fsp3) is 0.455. The third-order valence-electron chi connectivity index (χ3n) is 2.45. The van der Waals surface area contributed by atoms with Crippen LogP contribution in [0.4, 0.5) is 13.2 Å². The number of rotatable bonds is 6. The van der Waals surface area contributed by atoms with E-state index in [0.717, 1.165) is 0 Å². The van der Waals surface area contributed by atoms with Crippen molar-refractivity contribution in [1.82, 2.24) is 4.72 Å². The van der Waals surface area contributed by atoms with Crippen LogP contribution < -0.4 is 15.2 Å². The van der Waals surface area contributed by atoms with Crippen LogP contribution >= 0.6 is 0 Å². The lowest BCUT2D eigenvalue weighted by Gasteiger charge is -2.12. The minimum Gasteiger partial charge on any atom is -0.495 e. The fourth-order valence-corrected chi connectivity index (χ4v) is 2.71. The van der Waals surface area contributed by atoms with E-state index >= 15 is 0 Å². The Balaban J connectivity index is 2.96. The Morgan fingerprint density at radius 1 is 1.35 bits per heavy atom. The minimum atomic E-state index is -4.42. The predicted molar refractivity (Wildman–Crippen MR) is 66.7 cm³/mol. The van der Waals surface area contributed by atoms with E-state index in [1.54, 1.807) is 6.07 Å². The molecule has 0 spiro atoms. The average molecular weight is 312 g/mol. The third-order valence-corrected chi connectivity index (χ3v) is 3.94. The summed E-state index contributed by atoms with van der Waals surface area (Å²) in [5.74, 6) is 0.0432. The molecule has 0 aromatic heterocycles. The first-order valence-corrected chi connectivity index (χ1v) is 7.11. The quantitative estimate of drug-likeness (QED) is 0.831. The molecule has 0 heterocycles. The number of hydrogen-bond acceptors (Lipinski definition) is 4. The molecule has 0 bridgehead atoms. The van der Waals surface area contributed by atoms with Gasteiger partial charge in [0.2, 0.25) is 10.0 Å². The fourth-order valence-electron chi connectivity index (χ4n) is 1.46. The number of alkyl halides is 3. The summed E-state index contributed by atoms with van der Waals surface area (Å²) in [6.45, 7) is -0.628. The van der Waals surface area contributed by atoms with Crippen molar-refractivity contribution >= 4 is 10.0 Å². The number of halogens is 3. The highest BCUT2D eigenvalue weighted by Crippen LogP contribution is 2.25. The molecule has 0 radical (unpaired) electrons. The highest BCUT2D eigenvalue weighted by atomic mass is 32.2. The monoisotopic (exact) mass is 312 g/mol. The van der Waals surface area contributed by atoms with Crippen molar-refractivity contribution in [3.63, 3.8) is 0 Å². The van der Waals surface area contributed by atoms with E-state index in [1.807, 2.05) is 4.72 Å². The van der Waals surface area contributed by atoms with Crippen molar-refractivity contribution in [3.8, 4) is 5.75 Å². The summed E-state index contributed by atoms with van der Waals surface area (Å²) < 4.78 is 66.8. The van der Waals surface area contributed by atoms with Crippen molar-refractivity contribution in [2.24, 2.45) is 5.73 Å². The van der Waals surface area contributed by atoms with Gasteiger partial charge in [0.05, 0.1) is 13.5 Å². The largest absolute Gasteiger partial charge is 0.495 e.